The number of aromatic nitrogens is 1. The lowest BCUT2D eigenvalue weighted by Gasteiger charge is -2.29. The van der Waals surface area contributed by atoms with Crippen LogP contribution in [-0.4, -0.2) is 23.0 Å². The monoisotopic (exact) mass is 292 g/mol. The first-order valence-electron chi connectivity index (χ1n) is 7.73. The summed E-state index contributed by atoms with van der Waals surface area (Å²) in [5.74, 6) is 1.96. The molecule has 1 aliphatic rings. The quantitative estimate of drug-likeness (QED) is 0.615. The summed E-state index contributed by atoms with van der Waals surface area (Å²) in [4.78, 5) is 14.9. The minimum atomic E-state index is -0.383. The summed E-state index contributed by atoms with van der Waals surface area (Å²) in [5.41, 5.74) is 0.0662. The predicted octanol–water partition coefficient (Wildman–Crippen LogP) is 3.80. The van der Waals surface area contributed by atoms with E-state index in [1.54, 1.807) is 7.05 Å². The van der Waals surface area contributed by atoms with E-state index in [-0.39, 0.29) is 10.6 Å². The maximum atomic E-state index is 11.0. The van der Waals surface area contributed by atoms with Crippen molar-refractivity contribution in [2.45, 2.75) is 51.5 Å². The van der Waals surface area contributed by atoms with Gasteiger partial charge in [-0.05, 0) is 31.6 Å². The third-order valence-corrected chi connectivity index (χ3v) is 4.17. The minimum Gasteiger partial charge on any atom is -0.373 e. The van der Waals surface area contributed by atoms with Crippen LogP contribution in [0.4, 0.5) is 17.3 Å². The van der Waals surface area contributed by atoms with Crippen molar-refractivity contribution in [3.63, 3.8) is 0 Å². The van der Waals surface area contributed by atoms with E-state index >= 15 is 0 Å². The molecule has 0 amide bonds. The van der Waals surface area contributed by atoms with Gasteiger partial charge in [0.1, 0.15) is 11.6 Å². The van der Waals surface area contributed by atoms with Gasteiger partial charge < -0.3 is 10.6 Å². The third-order valence-electron chi connectivity index (χ3n) is 4.17. The SMILES string of the molecule is CCCC1CCC(Nc2cc([N+](=O)[O-])cc(NC)n2)CC1. The van der Waals surface area contributed by atoms with Gasteiger partial charge in [0.15, 0.2) is 0 Å². The molecule has 0 bridgehead atoms. The highest BCUT2D eigenvalue weighted by Gasteiger charge is 2.21. The van der Waals surface area contributed by atoms with Gasteiger partial charge in [0.2, 0.25) is 0 Å². The van der Waals surface area contributed by atoms with E-state index in [9.17, 15) is 10.1 Å². The van der Waals surface area contributed by atoms with E-state index in [0.717, 1.165) is 18.8 Å². The molecule has 116 valence electrons. The molecule has 1 heterocycles. The van der Waals surface area contributed by atoms with Gasteiger partial charge >= 0.3 is 0 Å². The first kappa shape index (κ1) is 15.5. The first-order chi connectivity index (χ1) is 10.1. The van der Waals surface area contributed by atoms with Crippen molar-refractivity contribution in [2.24, 2.45) is 5.92 Å². The second-order valence-electron chi connectivity index (χ2n) is 5.75. The van der Waals surface area contributed by atoms with E-state index in [0.29, 0.717) is 17.7 Å². The van der Waals surface area contributed by atoms with Crippen LogP contribution in [-0.2, 0) is 0 Å². The number of pyridine rings is 1. The van der Waals surface area contributed by atoms with Gasteiger partial charge in [-0.25, -0.2) is 4.98 Å². The Morgan fingerprint density at radius 3 is 2.52 bits per heavy atom. The molecule has 0 saturated heterocycles. The van der Waals surface area contributed by atoms with Crippen molar-refractivity contribution in [2.75, 3.05) is 17.7 Å². The highest BCUT2D eigenvalue weighted by Crippen LogP contribution is 2.30. The van der Waals surface area contributed by atoms with Gasteiger partial charge in [0.05, 0.1) is 17.1 Å². The fourth-order valence-corrected chi connectivity index (χ4v) is 3.04. The molecular weight excluding hydrogens is 268 g/mol. The van der Waals surface area contributed by atoms with Gasteiger partial charge in [-0.1, -0.05) is 19.8 Å². The maximum Gasteiger partial charge on any atom is 0.276 e. The Morgan fingerprint density at radius 1 is 1.29 bits per heavy atom. The molecule has 2 N–H and O–H groups in total. The molecule has 1 fully saturated rings. The van der Waals surface area contributed by atoms with Crippen LogP contribution in [0.1, 0.15) is 45.4 Å². The molecular formula is C15H24N4O2. The van der Waals surface area contributed by atoms with Crippen LogP contribution in [0.2, 0.25) is 0 Å². The third kappa shape index (κ3) is 4.31. The zero-order chi connectivity index (χ0) is 15.2. The minimum absolute atomic E-state index is 0.0662. The van der Waals surface area contributed by atoms with Crippen LogP contribution in [0.25, 0.3) is 0 Å². The Morgan fingerprint density at radius 2 is 1.95 bits per heavy atom. The molecule has 21 heavy (non-hydrogen) atoms. The molecule has 1 aliphatic carbocycles. The summed E-state index contributed by atoms with van der Waals surface area (Å²) in [6, 6.07) is 3.33. The van der Waals surface area contributed by atoms with Gasteiger partial charge in [-0.15, -0.1) is 0 Å². The zero-order valence-electron chi connectivity index (χ0n) is 12.8. The second kappa shape index (κ2) is 7.24. The smallest absolute Gasteiger partial charge is 0.276 e. The van der Waals surface area contributed by atoms with Crippen LogP contribution < -0.4 is 10.6 Å². The molecule has 6 heteroatoms. The number of hydrogen-bond donors (Lipinski definition) is 2. The molecule has 1 aromatic heterocycles. The molecule has 0 aliphatic heterocycles. The molecule has 0 aromatic carbocycles. The van der Waals surface area contributed by atoms with Gasteiger partial charge in [0.25, 0.3) is 5.69 Å². The average Bonchev–Trinajstić information content (AvgIpc) is 2.49. The van der Waals surface area contributed by atoms with Crippen LogP contribution in [0.3, 0.4) is 0 Å². The average molecular weight is 292 g/mol. The Balaban J connectivity index is 2.00. The first-order valence-corrected chi connectivity index (χ1v) is 7.73. The lowest BCUT2D eigenvalue weighted by atomic mass is 9.83. The molecule has 1 saturated carbocycles. The van der Waals surface area contributed by atoms with E-state index < -0.39 is 0 Å². The zero-order valence-corrected chi connectivity index (χ0v) is 12.8. The number of nitrogens with zero attached hydrogens (tertiary/aromatic N) is 2. The number of anilines is 2. The second-order valence-corrected chi connectivity index (χ2v) is 5.75. The summed E-state index contributed by atoms with van der Waals surface area (Å²) in [5, 5.41) is 17.2. The summed E-state index contributed by atoms with van der Waals surface area (Å²) in [6.45, 7) is 2.23. The number of nitrogens with one attached hydrogen (secondary N) is 2. The highest BCUT2D eigenvalue weighted by molar-refractivity contribution is 5.54. The Hall–Kier alpha value is -1.85. The van der Waals surface area contributed by atoms with Crippen molar-refractivity contribution >= 4 is 17.3 Å². The van der Waals surface area contributed by atoms with Crippen LogP contribution >= 0.6 is 0 Å². The fourth-order valence-electron chi connectivity index (χ4n) is 3.04. The maximum absolute atomic E-state index is 11.0. The van der Waals surface area contributed by atoms with E-state index in [1.807, 2.05) is 0 Å². The van der Waals surface area contributed by atoms with Crippen molar-refractivity contribution in [1.29, 1.82) is 0 Å². The molecule has 0 unspecified atom stereocenters. The topological polar surface area (TPSA) is 80.1 Å². The Labute approximate surface area is 125 Å². The molecule has 1 aromatic rings. The normalized spacial score (nSPS) is 21.8. The van der Waals surface area contributed by atoms with Crippen LogP contribution in [0, 0.1) is 16.0 Å². The van der Waals surface area contributed by atoms with Gasteiger partial charge in [0, 0.05) is 13.1 Å². The lowest BCUT2D eigenvalue weighted by Crippen LogP contribution is -2.26. The summed E-state index contributed by atoms with van der Waals surface area (Å²) >= 11 is 0. The van der Waals surface area contributed by atoms with E-state index in [4.69, 9.17) is 0 Å². The molecule has 6 nitrogen and oxygen atoms in total. The van der Waals surface area contributed by atoms with Crippen molar-refractivity contribution in [1.82, 2.24) is 4.98 Å². The Bertz CT molecular complexity index is 485. The standard InChI is InChI=1S/C15H24N4O2/c1-3-4-11-5-7-12(8-6-11)17-15-10-13(19(20)21)9-14(16-2)18-15/h9-12H,3-8H2,1-2H3,(H2,16,17,18). The van der Waals surface area contributed by atoms with Crippen molar-refractivity contribution in [3.05, 3.63) is 22.2 Å². The summed E-state index contributed by atoms with van der Waals surface area (Å²) < 4.78 is 0. The Kier molecular flexibility index (Phi) is 5.36. The van der Waals surface area contributed by atoms with Gasteiger partial charge in [-0.3, -0.25) is 10.1 Å². The van der Waals surface area contributed by atoms with Crippen LogP contribution in [0.5, 0.6) is 0 Å². The summed E-state index contributed by atoms with van der Waals surface area (Å²) in [6.07, 6.45) is 7.26. The highest BCUT2D eigenvalue weighted by atomic mass is 16.6. The van der Waals surface area contributed by atoms with Crippen molar-refractivity contribution < 1.29 is 4.92 Å². The fraction of sp³-hybridized carbons (Fsp3) is 0.667. The lowest BCUT2D eigenvalue weighted by molar-refractivity contribution is -0.384. The summed E-state index contributed by atoms with van der Waals surface area (Å²) in [7, 11) is 1.71. The van der Waals surface area contributed by atoms with E-state index in [2.05, 4.69) is 22.5 Å². The van der Waals surface area contributed by atoms with Gasteiger partial charge in [-0.2, -0.15) is 0 Å². The predicted molar refractivity (Wildman–Crippen MR) is 84.7 cm³/mol. The van der Waals surface area contributed by atoms with Crippen molar-refractivity contribution in [3.8, 4) is 0 Å². The number of rotatable bonds is 6. The molecule has 0 atom stereocenters. The number of nitro groups is 1. The molecule has 2 rings (SSSR count). The van der Waals surface area contributed by atoms with Crippen LogP contribution in [0.15, 0.2) is 12.1 Å². The molecule has 0 radical (unpaired) electrons. The molecule has 0 spiro atoms. The number of hydrogen-bond acceptors (Lipinski definition) is 5. The largest absolute Gasteiger partial charge is 0.373 e. The van der Waals surface area contributed by atoms with E-state index in [1.165, 1.54) is 37.8 Å².